The second-order valence-corrected chi connectivity index (χ2v) is 7.14. The van der Waals surface area contributed by atoms with Crippen LogP contribution in [-0.2, 0) is 11.3 Å². The zero-order chi connectivity index (χ0) is 18.6. The molecule has 1 saturated carbocycles. The van der Waals surface area contributed by atoms with Gasteiger partial charge in [0, 0.05) is 24.8 Å². The summed E-state index contributed by atoms with van der Waals surface area (Å²) >= 11 is 0. The number of urea groups is 1. The standard InChI is InChI=1S/C21H23N3O3/c25-20-14-27-19-11-17(9-10-18(19)23-20)22-21(26)24(13-16-7-4-8-16)12-15-5-2-1-3-6-15/h1-3,5-6,9-11,16H,4,7-8,12-14H2,(H,22,26)(H,23,25). The van der Waals surface area contributed by atoms with Crippen molar-refractivity contribution in [2.75, 3.05) is 23.8 Å². The van der Waals surface area contributed by atoms with E-state index in [-0.39, 0.29) is 18.5 Å². The average molecular weight is 365 g/mol. The molecule has 6 nitrogen and oxygen atoms in total. The summed E-state index contributed by atoms with van der Waals surface area (Å²) < 4.78 is 5.43. The number of carbonyl (C=O) groups excluding carboxylic acids is 2. The third-order valence-corrected chi connectivity index (χ3v) is 5.07. The summed E-state index contributed by atoms with van der Waals surface area (Å²) in [4.78, 5) is 26.2. The number of carbonyl (C=O) groups is 2. The highest BCUT2D eigenvalue weighted by Crippen LogP contribution is 2.31. The quantitative estimate of drug-likeness (QED) is 0.845. The lowest BCUT2D eigenvalue weighted by Gasteiger charge is -2.32. The van der Waals surface area contributed by atoms with Gasteiger partial charge >= 0.3 is 6.03 Å². The third kappa shape index (κ3) is 4.22. The van der Waals surface area contributed by atoms with Gasteiger partial charge in [0.05, 0.1) is 5.69 Å². The lowest BCUT2D eigenvalue weighted by molar-refractivity contribution is -0.118. The Morgan fingerprint density at radius 3 is 2.74 bits per heavy atom. The lowest BCUT2D eigenvalue weighted by atomic mass is 9.85. The molecule has 2 aromatic carbocycles. The molecule has 2 aromatic rings. The number of nitrogens with one attached hydrogen (secondary N) is 2. The number of fused-ring (bicyclic) bond motifs is 1. The van der Waals surface area contributed by atoms with Crippen LogP contribution in [0.15, 0.2) is 48.5 Å². The molecule has 2 aliphatic rings. The van der Waals surface area contributed by atoms with Crippen molar-refractivity contribution in [3.63, 3.8) is 0 Å². The molecule has 4 rings (SSSR count). The van der Waals surface area contributed by atoms with Crippen LogP contribution in [0.2, 0.25) is 0 Å². The summed E-state index contributed by atoms with van der Waals surface area (Å²) in [7, 11) is 0. The molecule has 0 bridgehead atoms. The molecular weight excluding hydrogens is 342 g/mol. The Bertz CT molecular complexity index is 834. The van der Waals surface area contributed by atoms with Crippen LogP contribution in [0, 0.1) is 5.92 Å². The Balaban J connectivity index is 1.46. The van der Waals surface area contributed by atoms with Crippen LogP contribution < -0.4 is 15.4 Å². The maximum atomic E-state index is 12.9. The summed E-state index contributed by atoms with van der Waals surface area (Å²) in [6.07, 6.45) is 3.62. The van der Waals surface area contributed by atoms with E-state index in [2.05, 4.69) is 10.6 Å². The van der Waals surface area contributed by atoms with Crippen LogP contribution in [0.25, 0.3) is 0 Å². The molecule has 0 spiro atoms. The maximum Gasteiger partial charge on any atom is 0.322 e. The first-order chi connectivity index (χ1) is 13.2. The summed E-state index contributed by atoms with van der Waals surface area (Å²) in [5, 5.41) is 5.72. The first kappa shape index (κ1) is 17.4. The Hall–Kier alpha value is -3.02. The van der Waals surface area contributed by atoms with Gasteiger partial charge in [0.15, 0.2) is 6.61 Å². The molecule has 1 aliphatic heterocycles. The predicted molar refractivity (Wildman–Crippen MR) is 104 cm³/mol. The van der Waals surface area contributed by atoms with Crippen molar-refractivity contribution in [2.45, 2.75) is 25.8 Å². The van der Waals surface area contributed by atoms with Gasteiger partial charge in [0.2, 0.25) is 0 Å². The molecule has 0 unspecified atom stereocenters. The van der Waals surface area contributed by atoms with Crippen LogP contribution in [0.1, 0.15) is 24.8 Å². The van der Waals surface area contributed by atoms with Gasteiger partial charge in [-0.1, -0.05) is 36.8 Å². The topological polar surface area (TPSA) is 70.7 Å². The highest BCUT2D eigenvalue weighted by molar-refractivity contribution is 5.96. The zero-order valence-electron chi connectivity index (χ0n) is 15.1. The number of nitrogens with zero attached hydrogens (tertiary/aromatic N) is 1. The minimum atomic E-state index is -0.172. The largest absolute Gasteiger partial charge is 0.482 e. The van der Waals surface area contributed by atoms with Crippen molar-refractivity contribution < 1.29 is 14.3 Å². The van der Waals surface area contributed by atoms with E-state index in [0.29, 0.717) is 29.6 Å². The SMILES string of the molecule is O=C1COc2cc(NC(=O)N(Cc3ccccc3)CC3CCC3)ccc2N1. The van der Waals surface area contributed by atoms with Crippen LogP contribution in [0.5, 0.6) is 5.75 Å². The molecule has 1 heterocycles. The Labute approximate surface area is 158 Å². The number of anilines is 2. The second kappa shape index (κ2) is 7.70. The van der Waals surface area contributed by atoms with Crippen LogP contribution in [0.3, 0.4) is 0 Å². The van der Waals surface area contributed by atoms with Crippen molar-refractivity contribution >= 4 is 23.3 Å². The van der Waals surface area contributed by atoms with Crippen molar-refractivity contribution in [1.82, 2.24) is 4.90 Å². The van der Waals surface area contributed by atoms with E-state index in [9.17, 15) is 9.59 Å². The first-order valence-electron chi connectivity index (χ1n) is 9.34. The minimum Gasteiger partial charge on any atom is -0.482 e. The maximum absolute atomic E-state index is 12.9. The van der Waals surface area contributed by atoms with Crippen molar-refractivity contribution in [2.24, 2.45) is 5.92 Å². The van der Waals surface area contributed by atoms with Crippen molar-refractivity contribution in [3.8, 4) is 5.75 Å². The number of hydrogen-bond acceptors (Lipinski definition) is 3. The normalized spacial score (nSPS) is 15.8. The first-order valence-corrected chi connectivity index (χ1v) is 9.34. The molecular formula is C21H23N3O3. The molecule has 6 heteroatoms. The van der Waals surface area contributed by atoms with Gasteiger partial charge in [-0.3, -0.25) is 4.79 Å². The fourth-order valence-corrected chi connectivity index (χ4v) is 3.37. The molecule has 1 aliphatic carbocycles. The smallest absolute Gasteiger partial charge is 0.322 e. The minimum absolute atomic E-state index is 0.00773. The highest BCUT2D eigenvalue weighted by atomic mass is 16.5. The zero-order valence-corrected chi connectivity index (χ0v) is 15.1. The molecule has 27 heavy (non-hydrogen) atoms. The van der Waals surface area contributed by atoms with E-state index in [1.165, 1.54) is 19.3 Å². The molecule has 0 aromatic heterocycles. The van der Waals surface area contributed by atoms with Gasteiger partial charge in [-0.05, 0) is 36.5 Å². The Kier molecular flexibility index (Phi) is 4.96. The summed E-state index contributed by atoms with van der Waals surface area (Å²) in [6, 6.07) is 15.2. The van der Waals surface area contributed by atoms with E-state index in [4.69, 9.17) is 4.74 Å². The van der Waals surface area contributed by atoms with Gasteiger partial charge in [-0.25, -0.2) is 4.79 Å². The van der Waals surface area contributed by atoms with E-state index < -0.39 is 0 Å². The summed E-state index contributed by atoms with van der Waals surface area (Å²) in [5.41, 5.74) is 2.39. The fourth-order valence-electron chi connectivity index (χ4n) is 3.37. The van der Waals surface area contributed by atoms with Crippen LogP contribution in [-0.4, -0.2) is 30.0 Å². The van der Waals surface area contributed by atoms with Gasteiger partial charge in [-0.15, -0.1) is 0 Å². The summed E-state index contributed by atoms with van der Waals surface area (Å²) in [6.45, 7) is 1.34. The Morgan fingerprint density at radius 1 is 1.19 bits per heavy atom. The number of rotatable bonds is 5. The van der Waals surface area contributed by atoms with Crippen molar-refractivity contribution in [1.29, 1.82) is 0 Å². The summed E-state index contributed by atoms with van der Waals surface area (Å²) in [5.74, 6) is 0.983. The lowest BCUT2D eigenvalue weighted by Crippen LogP contribution is -2.39. The van der Waals surface area contributed by atoms with E-state index in [0.717, 1.165) is 12.1 Å². The van der Waals surface area contributed by atoms with Crippen LogP contribution >= 0.6 is 0 Å². The van der Waals surface area contributed by atoms with Crippen molar-refractivity contribution in [3.05, 3.63) is 54.1 Å². The molecule has 2 N–H and O–H groups in total. The monoisotopic (exact) mass is 365 g/mol. The van der Waals surface area contributed by atoms with Gasteiger partial charge in [0.25, 0.3) is 5.91 Å². The van der Waals surface area contributed by atoms with E-state index in [1.807, 2.05) is 35.2 Å². The van der Waals surface area contributed by atoms with Gasteiger partial charge in [-0.2, -0.15) is 0 Å². The number of ether oxygens (including phenoxy) is 1. The molecule has 3 amide bonds. The third-order valence-electron chi connectivity index (χ3n) is 5.07. The van der Waals surface area contributed by atoms with Gasteiger partial charge < -0.3 is 20.3 Å². The molecule has 140 valence electrons. The number of hydrogen-bond donors (Lipinski definition) is 2. The van der Waals surface area contributed by atoms with E-state index in [1.54, 1.807) is 18.2 Å². The highest BCUT2D eigenvalue weighted by Gasteiger charge is 2.24. The molecule has 0 atom stereocenters. The fraction of sp³-hybridized carbons (Fsp3) is 0.333. The predicted octanol–water partition coefficient (Wildman–Crippen LogP) is 3.85. The molecule has 0 radical (unpaired) electrons. The van der Waals surface area contributed by atoms with Crippen LogP contribution in [0.4, 0.5) is 16.2 Å². The molecule has 0 saturated heterocycles. The second-order valence-electron chi connectivity index (χ2n) is 7.14. The number of amides is 3. The Morgan fingerprint density at radius 2 is 2.00 bits per heavy atom. The van der Waals surface area contributed by atoms with Gasteiger partial charge in [0.1, 0.15) is 5.75 Å². The van der Waals surface area contributed by atoms with E-state index >= 15 is 0 Å². The number of benzene rings is 2. The average Bonchev–Trinajstić information content (AvgIpc) is 2.64. The molecule has 1 fully saturated rings.